The molecule has 0 amide bonds. The van der Waals surface area contributed by atoms with Crippen LogP contribution in [0.4, 0.5) is 0 Å². The number of halogens is 1. The van der Waals surface area contributed by atoms with Crippen LogP contribution in [0.25, 0.3) is 0 Å². The van der Waals surface area contributed by atoms with E-state index in [4.69, 9.17) is 0 Å². The van der Waals surface area contributed by atoms with Gasteiger partial charge in [0.2, 0.25) is 0 Å². The lowest BCUT2D eigenvalue weighted by molar-refractivity contribution is -0.137. The second-order valence-corrected chi connectivity index (χ2v) is 15.0. The van der Waals surface area contributed by atoms with E-state index in [9.17, 15) is 14.4 Å². The van der Waals surface area contributed by atoms with E-state index in [-0.39, 0.29) is 45.9 Å². The molecule has 0 heterocycles. The van der Waals surface area contributed by atoms with Gasteiger partial charge in [-0.3, -0.25) is 19.3 Å². The number of nitrogens with zero attached hydrogens (tertiary/aromatic N) is 1. The highest BCUT2D eigenvalue weighted by Crippen LogP contribution is 2.35. The number of hydrogen-bond acceptors (Lipinski definition) is 5. The van der Waals surface area contributed by atoms with Crippen molar-refractivity contribution in [2.45, 2.75) is 118 Å². The first-order valence-corrected chi connectivity index (χ1v) is 13.0. The van der Waals surface area contributed by atoms with Gasteiger partial charge in [0, 0.05) is 22.4 Å². The minimum atomic E-state index is -0.544. The van der Waals surface area contributed by atoms with E-state index in [1.54, 1.807) is 0 Å². The monoisotopic (exact) mass is 564 g/mol. The molecule has 3 unspecified atom stereocenters. The number of rotatable bonds is 11. The van der Waals surface area contributed by atoms with Gasteiger partial charge in [-0.15, -0.1) is 0 Å². The molecule has 0 bridgehead atoms. The van der Waals surface area contributed by atoms with Gasteiger partial charge in [0.25, 0.3) is 0 Å². The Bertz CT molecular complexity index is 636. The van der Waals surface area contributed by atoms with Crippen LogP contribution in [0.15, 0.2) is 0 Å². The molecule has 5 nitrogen and oxygen atoms in total. The molecule has 0 aromatic heterocycles. The predicted molar refractivity (Wildman–Crippen MR) is 144 cm³/mol. The third kappa shape index (κ3) is 10.7. The smallest absolute Gasteiger partial charge is 0.162 e. The number of carbonyl (C=O) groups is 3. The summed E-state index contributed by atoms with van der Waals surface area (Å²) in [7, 11) is 0. The van der Waals surface area contributed by atoms with Crippen LogP contribution in [0.5, 0.6) is 0 Å². The molecule has 32 heavy (non-hydrogen) atoms. The van der Waals surface area contributed by atoms with Gasteiger partial charge >= 0.3 is 0 Å². The van der Waals surface area contributed by atoms with Gasteiger partial charge in [0.05, 0.1) is 23.1 Å². The van der Waals surface area contributed by atoms with Crippen LogP contribution in [0, 0.1) is 16.2 Å². The lowest BCUT2D eigenvalue weighted by atomic mass is 9.74. The van der Waals surface area contributed by atoms with Crippen LogP contribution in [0.2, 0.25) is 0 Å². The number of hydrogen-bond donors (Lipinski definition) is 1. The van der Waals surface area contributed by atoms with Crippen LogP contribution in [-0.2, 0) is 14.4 Å². The van der Waals surface area contributed by atoms with Crippen molar-refractivity contribution in [1.82, 2.24) is 10.2 Å². The zero-order valence-corrected chi connectivity index (χ0v) is 25.1. The largest absolute Gasteiger partial charge is 0.310 e. The second kappa shape index (κ2) is 11.4. The predicted octanol–water partition coefficient (Wildman–Crippen LogP) is 5.47. The van der Waals surface area contributed by atoms with Crippen molar-refractivity contribution in [1.29, 1.82) is 0 Å². The molecule has 0 aliphatic rings. The molecular weight excluding hydrogens is 515 g/mol. The Hall–Kier alpha value is -0.340. The maximum absolute atomic E-state index is 13.6. The lowest BCUT2D eigenvalue weighted by Gasteiger charge is -2.44. The highest BCUT2D eigenvalue weighted by molar-refractivity contribution is 14.1. The summed E-state index contributed by atoms with van der Waals surface area (Å²) >= 11 is 2.15. The summed E-state index contributed by atoms with van der Waals surface area (Å²) in [6, 6.07) is -0.362. The van der Waals surface area contributed by atoms with Crippen molar-refractivity contribution >= 4 is 39.9 Å². The van der Waals surface area contributed by atoms with E-state index in [2.05, 4.69) is 69.5 Å². The Morgan fingerprint density at radius 2 is 1.16 bits per heavy atom. The van der Waals surface area contributed by atoms with Gasteiger partial charge in [-0.1, -0.05) is 78.0 Å². The van der Waals surface area contributed by atoms with Crippen molar-refractivity contribution in [3.8, 4) is 0 Å². The van der Waals surface area contributed by atoms with Crippen molar-refractivity contribution in [2.75, 3.05) is 13.1 Å². The van der Waals surface area contributed by atoms with Crippen LogP contribution < -0.4 is 5.32 Å². The molecule has 0 saturated carbocycles. The van der Waals surface area contributed by atoms with E-state index in [1.807, 2.05) is 53.4 Å². The number of ketones is 3. The van der Waals surface area contributed by atoms with Gasteiger partial charge < -0.3 is 5.32 Å². The van der Waals surface area contributed by atoms with E-state index in [0.717, 1.165) is 6.42 Å². The topological polar surface area (TPSA) is 66.5 Å². The first-order valence-electron chi connectivity index (χ1n) is 11.7. The molecule has 0 radical (unpaired) electrons. The van der Waals surface area contributed by atoms with E-state index in [1.165, 1.54) is 0 Å². The zero-order valence-electron chi connectivity index (χ0n) is 22.9. The van der Waals surface area contributed by atoms with Gasteiger partial charge in [-0.25, -0.2) is 0 Å². The molecule has 0 aromatic carbocycles. The minimum Gasteiger partial charge on any atom is -0.310 e. The fraction of sp³-hybridized carbons (Fsp3) is 0.885. The summed E-state index contributed by atoms with van der Waals surface area (Å²) in [5, 5.41) is 3.60. The van der Waals surface area contributed by atoms with Crippen LogP contribution >= 0.6 is 22.6 Å². The molecule has 0 rings (SSSR count). The molecular formula is C26H49IN2O3. The van der Waals surface area contributed by atoms with E-state index in [0.29, 0.717) is 0 Å². The number of alkyl halides is 1. The van der Waals surface area contributed by atoms with Crippen LogP contribution in [0.3, 0.4) is 0 Å². The summed E-state index contributed by atoms with van der Waals surface area (Å²) < 4.78 is -0.222. The van der Waals surface area contributed by atoms with Gasteiger partial charge in [-0.05, 0) is 46.5 Å². The summed E-state index contributed by atoms with van der Waals surface area (Å²) in [6.45, 7) is 26.1. The normalized spacial score (nSPS) is 16.6. The van der Waals surface area contributed by atoms with Gasteiger partial charge in [0.15, 0.2) is 17.3 Å². The molecule has 6 heteroatoms. The summed E-state index contributed by atoms with van der Waals surface area (Å²) in [5.74, 6) is 0.145. The molecule has 0 aromatic rings. The molecule has 3 atom stereocenters. The summed E-state index contributed by atoms with van der Waals surface area (Å²) in [6.07, 6.45) is 0.744. The molecule has 188 valence electrons. The molecule has 0 aliphatic carbocycles. The second-order valence-electron chi connectivity index (χ2n) is 13.2. The average Bonchev–Trinajstić information content (AvgIpc) is 2.49. The van der Waals surface area contributed by atoms with Gasteiger partial charge in [-0.2, -0.15) is 0 Å². The van der Waals surface area contributed by atoms with Crippen molar-refractivity contribution < 1.29 is 14.4 Å². The SMILES string of the molecule is CC(CC(C)(C)C(C(=O)C(C)I)N(CC(=O)C(C)(C)C)CC(=O)C(C)(C)C)NC(C)(C)C. The fourth-order valence-corrected chi connectivity index (χ4v) is 4.39. The maximum atomic E-state index is 13.6. The number of nitrogens with one attached hydrogen (secondary N) is 1. The minimum absolute atomic E-state index is 0.0368. The quantitative estimate of drug-likeness (QED) is 0.266. The van der Waals surface area contributed by atoms with Crippen molar-refractivity contribution in [3.63, 3.8) is 0 Å². The van der Waals surface area contributed by atoms with Crippen LogP contribution in [-0.4, -0.2) is 56.9 Å². The summed E-state index contributed by atoms with van der Waals surface area (Å²) in [4.78, 5) is 41.6. The number of Topliss-reactive ketones (excluding diaryl/α,β-unsaturated/α-hetero) is 3. The Morgan fingerprint density at radius 3 is 1.44 bits per heavy atom. The highest BCUT2D eigenvalue weighted by atomic mass is 127. The standard InChI is InChI=1S/C26H49IN2O3/c1-17(28-25(9,10)11)14-26(12,13)22(21(32)18(2)27)29(15-19(30)23(3,4)5)16-20(31)24(6,7)8/h17-18,22,28H,14-16H2,1-13H3. The molecule has 0 fully saturated rings. The van der Waals surface area contributed by atoms with Crippen molar-refractivity contribution in [2.24, 2.45) is 16.2 Å². The molecule has 0 saturated heterocycles. The Morgan fingerprint density at radius 1 is 0.781 bits per heavy atom. The number of carbonyl (C=O) groups excluding carboxylic acids is 3. The lowest BCUT2D eigenvalue weighted by Crippen LogP contribution is -2.58. The fourth-order valence-electron chi connectivity index (χ4n) is 4.05. The van der Waals surface area contributed by atoms with Gasteiger partial charge in [0.1, 0.15) is 0 Å². The molecule has 0 aliphatic heterocycles. The highest BCUT2D eigenvalue weighted by Gasteiger charge is 2.44. The average molecular weight is 565 g/mol. The molecule has 0 spiro atoms. The van der Waals surface area contributed by atoms with Crippen molar-refractivity contribution in [3.05, 3.63) is 0 Å². The Balaban J connectivity index is 6.32. The van der Waals surface area contributed by atoms with E-state index >= 15 is 0 Å². The summed E-state index contributed by atoms with van der Waals surface area (Å²) in [5.41, 5.74) is -1.57. The van der Waals surface area contributed by atoms with E-state index < -0.39 is 22.3 Å². The Kier molecular flexibility index (Phi) is 11.3. The third-order valence-electron chi connectivity index (χ3n) is 5.65. The molecule has 1 N–H and O–H groups in total. The van der Waals surface area contributed by atoms with Crippen LogP contribution in [0.1, 0.15) is 96.4 Å². The maximum Gasteiger partial charge on any atom is 0.162 e. The third-order valence-corrected chi connectivity index (χ3v) is 6.26. The first kappa shape index (κ1) is 31.7. The zero-order chi connectivity index (χ0) is 25.9. The first-order chi connectivity index (χ1) is 14.0. The Labute approximate surface area is 211 Å².